The molecule has 0 aliphatic carbocycles. The second kappa shape index (κ2) is 5.56. The molecule has 1 aromatic carbocycles. The zero-order chi connectivity index (χ0) is 14.8. The molecule has 104 valence electrons. The summed E-state index contributed by atoms with van der Waals surface area (Å²) in [5.74, 6) is 0. The highest BCUT2D eigenvalue weighted by Crippen LogP contribution is 2.35. The van der Waals surface area contributed by atoms with Crippen LogP contribution in [0.2, 0.25) is 0 Å². The second-order valence-electron chi connectivity index (χ2n) is 5.02. The van der Waals surface area contributed by atoms with Crippen molar-refractivity contribution in [3.05, 3.63) is 37.8 Å². The first kappa shape index (κ1) is 15.4. The molecule has 7 heteroatoms. The monoisotopic (exact) mass is 331 g/mol. The lowest BCUT2D eigenvalue weighted by atomic mass is 9.85. The Balaban J connectivity index is 3.29. The van der Waals surface area contributed by atoms with Crippen LogP contribution in [0.3, 0.4) is 0 Å². The normalized spacial score (nSPS) is 11.2. The number of halogens is 1. The van der Waals surface area contributed by atoms with Gasteiger partial charge < -0.3 is 9.84 Å². The number of carboxylic acid groups (broad SMARTS) is 1. The van der Waals surface area contributed by atoms with Crippen molar-refractivity contribution in [2.24, 2.45) is 0 Å². The molecule has 0 bridgehead atoms. The average molecular weight is 332 g/mol. The highest BCUT2D eigenvalue weighted by molar-refractivity contribution is 9.10. The van der Waals surface area contributed by atoms with E-state index in [1.54, 1.807) is 6.07 Å². The van der Waals surface area contributed by atoms with Crippen LogP contribution in [0.25, 0.3) is 0 Å². The Morgan fingerprint density at radius 1 is 1.47 bits per heavy atom. The second-order valence-corrected chi connectivity index (χ2v) is 5.88. The van der Waals surface area contributed by atoms with Crippen LogP contribution in [-0.4, -0.2) is 16.2 Å². The van der Waals surface area contributed by atoms with E-state index >= 15 is 0 Å². The minimum atomic E-state index is -1.42. The van der Waals surface area contributed by atoms with E-state index in [0.29, 0.717) is 15.6 Å². The summed E-state index contributed by atoms with van der Waals surface area (Å²) in [4.78, 5) is 21.0. The Kier molecular flexibility index (Phi) is 4.52. The minimum absolute atomic E-state index is 0.0420. The largest absolute Gasteiger partial charge is 0.506 e. The van der Waals surface area contributed by atoms with Crippen LogP contribution in [0.5, 0.6) is 0 Å². The van der Waals surface area contributed by atoms with E-state index in [9.17, 15) is 14.9 Å². The molecule has 0 spiro atoms. The fourth-order valence-electron chi connectivity index (χ4n) is 1.61. The number of nitro groups is 1. The first-order valence-electron chi connectivity index (χ1n) is 5.46. The molecule has 0 aliphatic heterocycles. The van der Waals surface area contributed by atoms with Crippen molar-refractivity contribution in [1.82, 2.24) is 0 Å². The summed E-state index contributed by atoms with van der Waals surface area (Å²) in [6, 6.07) is 2.98. The Labute approximate surface area is 118 Å². The van der Waals surface area contributed by atoms with E-state index in [1.807, 2.05) is 20.8 Å². The fraction of sp³-hybridized carbons (Fsp3) is 0.417. The Hall–Kier alpha value is -1.63. The van der Waals surface area contributed by atoms with Gasteiger partial charge in [-0.1, -0.05) is 36.7 Å². The average Bonchev–Trinajstić information content (AvgIpc) is 2.25. The third kappa shape index (κ3) is 3.92. The summed E-state index contributed by atoms with van der Waals surface area (Å²) in [6.45, 7) is 5.38. The van der Waals surface area contributed by atoms with Gasteiger partial charge in [-0.2, -0.15) is 0 Å². The summed E-state index contributed by atoms with van der Waals surface area (Å²) in [5.41, 5.74) is 0.558. The molecule has 19 heavy (non-hydrogen) atoms. The van der Waals surface area contributed by atoms with Crippen molar-refractivity contribution < 1.29 is 19.6 Å². The number of nitro benzene ring substituents is 1. The molecule has 0 aliphatic rings. The number of benzene rings is 1. The smallest absolute Gasteiger partial charge is 0.450 e. The first-order valence-corrected chi connectivity index (χ1v) is 6.25. The van der Waals surface area contributed by atoms with E-state index in [1.165, 1.54) is 6.07 Å². The molecule has 0 radical (unpaired) electrons. The van der Waals surface area contributed by atoms with Crippen molar-refractivity contribution in [2.75, 3.05) is 0 Å². The van der Waals surface area contributed by atoms with Gasteiger partial charge in [-0.05, 0) is 11.5 Å². The molecule has 1 N–H and O–H groups in total. The maximum Gasteiger partial charge on any atom is 0.506 e. The van der Waals surface area contributed by atoms with Crippen LogP contribution in [0.1, 0.15) is 31.9 Å². The van der Waals surface area contributed by atoms with Gasteiger partial charge in [0.1, 0.15) is 6.61 Å². The third-order valence-corrected chi connectivity index (χ3v) is 3.26. The SMILES string of the molecule is CC(C)(C)c1cc(Br)c(COC(=O)O)cc1[N+](=O)[O-]. The first-order chi connectivity index (χ1) is 8.62. The molecule has 0 unspecified atom stereocenters. The van der Waals surface area contributed by atoms with Crippen LogP contribution < -0.4 is 0 Å². The van der Waals surface area contributed by atoms with Gasteiger partial charge >= 0.3 is 6.16 Å². The van der Waals surface area contributed by atoms with Crippen molar-refractivity contribution in [3.63, 3.8) is 0 Å². The van der Waals surface area contributed by atoms with Gasteiger partial charge in [-0.15, -0.1) is 0 Å². The molecule has 0 aromatic heterocycles. The van der Waals surface area contributed by atoms with Crippen molar-refractivity contribution >= 4 is 27.8 Å². The summed E-state index contributed by atoms with van der Waals surface area (Å²) in [6.07, 6.45) is -1.42. The van der Waals surface area contributed by atoms with Gasteiger partial charge in [0.05, 0.1) is 4.92 Å². The number of ether oxygens (including phenoxy) is 1. The molecule has 0 saturated heterocycles. The minimum Gasteiger partial charge on any atom is -0.450 e. The molecule has 0 fully saturated rings. The molecule has 0 atom stereocenters. The number of hydrogen-bond acceptors (Lipinski definition) is 4. The van der Waals surface area contributed by atoms with Crippen LogP contribution in [-0.2, 0) is 16.8 Å². The lowest BCUT2D eigenvalue weighted by Gasteiger charge is -2.20. The maximum absolute atomic E-state index is 11.1. The molecule has 1 rings (SSSR count). The fourth-order valence-corrected chi connectivity index (χ4v) is 2.06. The van der Waals surface area contributed by atoms with Gasteiger partial charge in [-0.3, -0.25) is 10.1 Å². The van der Waals surface area contributed by atoms with Gasteiger partial charge in [-0.25, -0.2) is 4.79 Å². The van der Waals surface area contributed by atoms with E-state index in [-0.39, 0.29) is 12.3 Å². The van der Waals surface area contributed by atoms with Crippen molar-refractivity contribution in [3.8, 4) is 0 Å². The predicted molar refractivity (Wildman–Crippen MR) is 72.3 cm³/mol. The third-order valence-electron chi connectivity index (χ3n) is 2.52. The van der Waals surface area contributed by atoms with E-state index in [0.717, 1.165) is 0 Å². The van der Waals surface area contributed by atoms with Gasteiger partial charge in [0.25, 0.3) is 5.69 Å². The highest BCUT2D eigenvalue weighted by Gasteiger charge is 2.26. The summed E-state index contributed by atoms with van der Waals surface area (Å²) in [5, 5.41) is 19.6. The van der Waals surface area contributed by atoms with Gasteiger partial charge in [0.2, 0.25) is 0 Å². The molecular weight excluding hydrogens is 318 g/mol. The molecule has 1 aromatic rings. The standard InChI is InChI=1S/C12H14BrNO5/c1-12(2,3)8-5-9(13)7(6-19-11(15)16)4-10(8)14(17)18/h4-5H,6H2,1-3H3,(H,15,16). The molecule has 6 nitrogen and oxygen atoms in total. The van der Waals surface area contributed by atoms with E-state index in [4.69, 9.17) is 5.11 Å². The Bertz CT molecular complexity index is 522. The highest BCUT2D eigenvalue weighted by atomic mass is 79.9. The zero-order valence-corrected chi connectivity index (χ0v) is 12.4. The quantitative estimate of drug-likeness (QED) is 0.516. The van der Waals surface area contributed by atoms with Crippen LogP contribution in [0, 0.1) is 10.1 Å². The van der Waals surface area contributed by atoms with Crippen molar-refractivity contribution in [2.45, 2.75) is 32.8 Å². The maximum atomic E-state index is 11.1. The predicted octanol–water partition coefficient (Wildman–Crippen LogP) is 3.85. The summed E-state index contributed by atoms with van der Waals surface area (Å²) >= 11 is 3.28. The van der Waals surface area contributed by atoms with E-state index < -0.39 is 16.5 Å². The Morgan fingerprint density at radius 2 is 2.05 bits per heavy atom. The Morgan fingerprint density at radius 3 is 2.47 bits per heavy atom. The number of rotatable bonds is 3. The summed E-state index contributed by atoms with van der Waals surface area (Å²) in [7, 11) is 0. The number of hydrogen-bond donors (Lipinski definition) is 1. The van der Waals surface area contributed by atoms with Crippen LogP contribution in [0.4, 0.5) is 10.5 Å². The number of carbonyl (C=O) groups is 1. The molecule has 0 heterocycles. The zero-order valence-electron chi connectivity index (χ0n) is 10.8. The molecular formula is C12H14BrNO5. The molecule has 0 saturated carbocycles. The van der Waals surface area contributed by atoms with Crippen molar-refractivity contribution in [1.29, 1.82) is 0 Å². The lowest BCUT2D eigenvalue weighted by molar-refractivity contribution is -0.386. The summed E-state index contributed by atoms with van der Waals surface area (Å²) < 4.78 is 5.02. The van der Waals surface area contributed by atoms with Crippen LogP contribution >= 0.6 is 15.9 Å². The van der Waals surface area contributed by atoms with E-state index in [2.05, 4.69) is 20.7 Å². The van der Waals surface area contributed by atoms with Gasteiger partial charge in [0, 0.05) is 21.7 Å². The topological polar surface area (TPSA) is 89.7 Å². The lowest BCUT2D eigenvalue weighted by Crippen LogP contribution is -2.14. The number of nitrogens with zero attached hydrogens (tertiary/aromatic N) is 1. The molecule has 0 amide bonds. The van der Waals surface area contributed by atoms with Crippen LogP contribution in [0.15, 0.2) is 16.6 Å². The van der Waals surface area contributed by atoms with Gasteiger partial charge in [0.15, 0.2) is 0 Å².